The Morgan fingerprint density at radius 3 is 2.69 bits per heavy atom. The number of imide groups is 1. The topological polar surface area (TPSA) is 40.6 Å². The van der Waals surface area contributed by atoms with E-state index >= 15 is 0 Å². The lowest BCUT2D eigenvalue weighted by molar-refractivity contribution is -0.126. The Morgan fingerprint density at radius 1 is 1.46 bits per heavy atom. The van der Waals surface area contributed by atoms with E-state index in [1.807, 2.05) is 7.05 Å². The zero-order valence-electron chi connectivity index (χ0n) is 7.52. The van der Waals surface area contributed by atoms with E-state index in [0.29, 0.717) is 5.75 Å². The van der Waals surface area contributed by atoms with Crippen LogP contribution in [-0.4, -0.2) is 52.9 Å². The van der Waals surface area contributed by atoms with Crippen molar-refractivity contribution in [3.05, 3.63) is 0 Å². The Morgan fingerprint density at radius 2 is 2.23 bits per heavy atom. The predicted octanol–water partition coefficient (Wildman–Crippen LogP) is 0.386. The molecule has 2 heterocycles. The molecule has 2 aliphatic heterocycles. The summed E-state index contributed by atoms with van der Waals surface area (Å²) in [6.45, 7) is 1.81. The molecular formula is C8H12N2O2S. The second-order valence-electron chi connectivity index (χ2n) is 3.52. The minimum absolute atomic E-state index is 0.0182. The van der Waals surface area contributed by atoms with Gasteiger partial charge >= 0.3 is 0 Å². The Labute approximate surface area is 81.2 Å². The van der Waals surface area contributed by atoms with Gasteiger partial charge in [0.15, 0.2) is 0 Å². The lowest BCUT2D eigenvalue weighted by Crippen LogP contribution is -2.40. The Kier molecular flexibility index (Phi) is 2.29. The van der Waals surface area contributed by atoms with Crippen LogP contribution >= 0.6 is 11.8 Å². The number of nitrogens with zero attached hydrogens (tertiary/aromatic N) is 2. The van der Waals surface area contributed by atoms with Crippen LogP contribution in [0.2, 0.25) is 0 Å². The highest BCUT2D eigenvalue weighted by molar-refractivity contribution is 8.14. The lowest BCUT2D eigenvalue weighted by Gasteiger charge is -2.20. The highest BCUT2D eigenvalue weighted by atomic mass is 32.2. The van der Waals surface area contributed by atoms with E-state index in [4.69, 9.17) is 0 Å². The summed E-state index contributed by atoms with van der Waals surface area (Å²) in [5.41, 5.74) is 0. The molecule has 2 saturated heterocycles. The molecule has 0 aromatic heterocycles. The standard InChI is InChI=1S/C8H12N2O2S/c1-9-3-2-6(4-9)10-7(11)5-13-8(10)12/h6H,2-5H2,1H3/t6-/m1/s1. The van der Waals surface area contributed by atoms with Crippen molar-refractivity contribution in [3.8, 4) is 0 Å². The van der Waals surface area contributed by atoms with Crippen LogP contribution in [0.4, 0.5) is 4.79 Å². The maximum Gasteiger partial charge on any atom is 0.289 e. The molecule has 2 amide bonds. The molecule has 2 fully saturated rings. The fourth-order valence-corrected chi connectivity index (χ4v) is 2.62. The Bertz CT molecular complexity index is 241. The van der Waals surface area contributed by atoms with Crippen LogP contribution in [0, 0.1) is 0 Å². The molecule has 0 radical (unpaired) electrons. The lowest BCUT2D eigenvalue weighted by atomic mass is 10.2. The van der Waals surface area contributed by atoms with E-state index in [1.165, 1.54) is 4.90 Å². The van der Waals surface area contributed by atoms with Crippen molar-refractivity contribution in [2.45, 2.75) is 12.5 Å². The van der Waals surface area contributed by atoms with Gasteiger partial charge in [-0.1, -0.05) is 11.8 Å². The Hall–Kier alpha value is -0.550. The monoisotopic (exact) mass is 200 g/mol. The molecule has 0 bridgehead atoms. The first-order chi connectivity index (χ1) is 6.18. The number of rotatable bonds is 1. The summed E-state index contributed by atoms with van der Waals surface area (Å²) >= 11 is 1.12. The fraction of sp³-hybridized carbons (Fsp3) is 0.750. The van der Waals surface area contributed by atoms with Crippen molar-refractivity contribution in [2.24, 2.45) is 0 Å². The zero-order chi connectivity index (χ0) is 9.42. The minimum Gasteiger partial charge on any atom is -0.304 e. The first-order valence-corrected chi connectivity index (χ1v) is 5.34. The number of hydrogen-bond acceptors (Lipinski definition) is 4. The summed E-state index contributed by atoms with van der Waals surface area (Å²) in [7, 11) is 2.01. The molecule has 0 aromatic rings. The molecule has 0 aromatic carbocycles. The number of likely N-dealkylation sites (N-methyl/N-ethyl adjacent to an activating group) is 1. The maximum absolute atomic E-state index is 11.3. The molecule has 2 aliphatic rings. The van der Waals surface area contributed by atoms with Crippen LogP contribution in [-0.2, 0) is 4.79 Å². The molecule has 72 valence electrons. The molecule has 5 heteroatoms. The van der Waals surface area contributed by atoms with Crippen LogP contribution in [0.3, 0.4) is 0 Å². The van der Waals surface area contributed by atoms with E-state index in [9.17, 15) is 9.59 Å². The first kappa shape index (κ1) is 9.02. The highest BCUT2D eigenvalue weighted by Crippen LogP contribution is 2.25. The average molecular weight is 200 g/mol. The van der Waals surface area contributed by atoms with Crippen molar-refractivity contribution in [2.75, 3.05) is 25.9 Å². The normalized spacial score (nSPS) is 30.5. The molecular weight excluding hydrogens is 188 g/mol. The number of amides is 2. The highest BCUT2D eigenvalue weighted by Gasteiger charge is 2.38. The van der Waals surface area contributed by atoms with E-state index in [0.717, 1.165) is 31.3 Å². The SMILES string of the molecule is CN1CC[C@@H](N2C(=O)CSC2=O)C1. The van der Waals surface area contributed by atoms with Gasteiger partial charge in [0.1, 0.15) is 0 Å². The van der Waals surface area contributed by atoms with Gasteiger partial charge in [0.25, 0.3) is 5.24 Å². The summed E-state index contributed by atoms with van der Waals surface area (Å²) < 4.78 is 0. The van der Waals surface area contributed by atoms with Crippen molar-refractivity contribution in [3.63, 3.8) is 0 Å². The van der Waals surface area contributed by atoms with Crippen LogP contribution in [0.15, 0.2) is 0 Å². The van der Waals surface area contributed by atoms with Gasteiger partial charge in [-0.2, -0.15) is 0 Å². The molecule has 4 nitrogen and oxygen atoms in total. The summed E-state index contributed by atoms with van der Waals surface area (Å²) in [4.78, 5) is 26.3. The van der Waals surface area contributed by atoms with Crippen LogP contribution in [0.5, 0.6) is 0 Å². The van der Waals surface area contributed by atoms with Gasteiger partial charge in [-0.05, 0) is 20.0 Å². The second kappa shape index (κ2) is 3.31. The number of likely N-dealkylation sites (tertiary alicyclic amines) is 1. The average Bonchev–Trinajstić information content (AvgIpc) is 2.60. The molecule has 0 N–H and O–H groups in total. The molecule has 2 rings (SSSR count). The van der Waals surface area contributed by atoms with E-state index in [2.05, 4.69) is 4.90 Å². The number of hydrogen-bond donors (Lipinski definition) is 0. The van der Waals surface area contributed by atoms with Gasteiger partial charge in [-0.25, -0.2) is 0 Å². The van der Waals surface area contributed by atoms with E-state index < -0.39 is 0 Å². The fourth-order valence-electron chi connectivity index (χ4n) is 1.84. The van der Waals surface area contributed by atoms with Crippen LogP contribution in [0.1, 0.15) is 6.42 Å². The van der Waals surface area contributed by atoms with Crippen LogP contribution in [0.25, 0.3) is 0 Å². The summed E-state index contributed by atoms with van der Waals surface area (Å²) in [5.74, 6) is 0.314. The summed E-state index contributed by atoms with van der Waals surface area (Å²) in [5, 5.41) is -0.0645. The smallest absolute Gasteiger partial charge is 0.289 e. The molecule has 0 aliphatic carbocycles. The number of thioether (sulfide) groups is 1. The van der Waals surface area contributed by atoms with Crippen molar-refractivity contribution in [1.82, 2.24) is 9.80 Å². The van der Waals surface area contributed by atoms with Gasteiger partial charge < -0.3 is 4.90 Å². The van der Waals surface area contributed by atoms with Crippen molar-refractivity contribution >= 4 is 22.9 Å². The predicted molar refractivity (Wildman–Crippen MR) is 50.6 cm³/mol. The minimum atomic E-state index is -0.0645. The number of carbonyl (C=O) groups excluding carboxylic acids is 2. The third-order valence-corrected chi connectivity index (χ3v) is 3.35. The zero-order valence-corrected chi connectivity index (χ0v) is 8.34. The molecule has 0 unspecified atom stereocenters. The van der Waals surface area contributed by atoms with E-state index in [1.54, 1.807) is 0 Å². The molecule has 13 heavy (non-hydrogen) atoms. The summed E-state index contributed by atoms with van der Waals surface area (Å²) in [6, 6.07) is 0.125. The maximum atomic E-state index is 11.3. The third-order valence-electron chi connectivity index (χ3n) is 2.52. The van der Waals surface area contributed by atoms with Gasteiger partial charge in [0.05, 0.1) is 11.8 Å². The van der Waals surface area contributed by atoms with Gasteiger partial charge in [0, 0.05) is 6.54 Å². The van der Waals surface area contributed by atoms with Gasteiger partial charge in [-0.3, -0.25) is 14.5 Å². The molecule has 1 atom stereocenters. The first-order valence-electron chi connectivity index (χ1n) is 4.36. The third kappa shape index (κ3) is 1.58. The largest absolute Gasteiger partial charge is 0.304 e. The van der Waals surface area contributed by atoms with Crippen LogP contribution < -0.4 is 0 Å². The van der Waals surface area contributed by atoms with Crippen molar-refractivity contribution in [1.29, 1.82) is 0 Å². The summed E-state index contributed by atoms with van der Waals surface area (Å²) in [6.07, 6.45) is 0.925. The number of carbonyl (C=O) groups is 2. The van der Waals surface area contributed by atoms with Crippen molar-refractivity contribution < 1.29 is 9.59 Å². The van der Waals surface area contributed by atoms with Gasteiger partial charge in [-0.15, -0.1) is 0 Å². The quantitative estimate of drug-likeness (QED) is 0.614. The van der Waals surface area contributed by atoms with E-state index in [-0.39, 0.29) is 17.2 Å². The molecule has 0 spiro atoms. The second-order valence-corrected chi connectivity index (χ2v) is 4.45. The Balaban J connectivity index is 2.07. The van der Waals surface area contributed by atoms with Gasteiger partial charge in [0.2, 0.25) is 5.91 Å². The molecule has 0 saturated carbocycles.